The van der Waals surface area contributed by atoms with Crippen LogP contribution in [0.15, 0.2) is 59.1 Å². The fourth-order valence-corrected chi connectivity index (χ4v) is 5.11. The third-order valence-corrected chi connectivity index (χ3v) is 7.22. The van der Waals surface area contributed by atoms with Gasteiger partial charge in [-0.05, 0) is 50.5 Å². The topological polar surface area (TPSA) is 123 Å². The van der Waals surface area contributed by atoms with Gasteiger partial charge in [-0.1, -0.05) is 35.5 Å². The van der Waals surface area contributed by atoms with E-state index in [-0.39, 0.29) is 54.8 Å². The fraction of sp³-hybridized carbons (Fsp3) is 0.379. The lowest BCUT2D eigenvalue weighted by Gasteiger charge is -2.42. The molecule has 0 saturated carbocycles. The molecule has 204 valence electrons. The molecule has 0 unspecified atom stereocenters. The van der Waals surface area contributed by atoms with E-state index < -0.39 is 5.91 Å². The maximum atomic E-state index is 13.5. The maximum Gasteiger partial charge on any atom is 0.277 e. The van der Waals surface area contributed by atoms with Crippen molar-refractivity contribution in [3.8, 4) is 5.75 Å². The molecule has 0 radical (unpaired) electrons. The smallest absolute Gasteiger partial charge is 0.277 e. The molecule has 4 atom stereocenters. The summed E-state index contributed by atoms with van der Waals surface area (Å²) in [7, 11) is 1.75. The second-order valence-corrected chi connectivity index (χ2v) is 10.1. The van der Waals surface area contributed by atoms with Gasteiger partial charge in [0.05, 0.1) is 30.2 Å². The lowest BCUT2D eigenvalue weighted by Crippen LogP contribution is -2.54. The van der Waals surface area contributed by atoms with Gasteiger partial charge in [-0.15, -0.1) is 0 Å². The Balaban J connectivity index is 1.23. The molecular formula is C29H32N4O6. The molecule has 0 spiro atoms. The number of rotatable bonds is 6. The van der Waals surface area contributed by atoms with E-state index in [1.807, 2.05) is 37.3 Å². The zero-order valence-electron chi connectivity index (χ0n) is 22.2. The highest BCUT2D eigenvalue weighted by molar-refractivity contribution is 6.04. The van der Waals surface area contributed by atoms with Crippen LogP contribution >= 0.6 is 0 Å². The maximum absolute atomic E-state index is 13.5. The number of nitrogens with one attached hydrogen (secondary N) is 2. The van der Waals surface area contributed by atoms with E-state index in [9.17, 15) is 14.4 Å². The van der Waals surface area contributed by atoms with Gasteiger partial charge in [0.25, 0.3) is 11.8 Å². The molecule has 1 saturated heterocycles. The van der Waals surface area contributed by atoms with Crippen LogP contribution in [-0.2, 0) is 9.53 Å². The number of hydrogen-bond acceptors (Lipinski definition) is 7. The Hall–Kier alpha value is -4.18. The zero-order valence-corrected chi connectivity index (χ0v) is 22.2. The number of likely N-dealkylation sites (N-methyl/N-ethyl adjacent to an activating group) is 1. The Morgan fingerprint density at radius 1 is 1.13 bits per heavy atom. The van der Waals surface area contributed by atoms with Crippen molar-refractivity contribution < 1.29 is 28.4 Å². The zero-order chi connectivity index (χ0) is 27.5. The second-order valence-electron chi connectivity index (χ2n) is 10.1. The van der Waals surface area contributed by atoms with Gasteiger partial charge in [-0.25, -0.2) is 0 Å². The van der Waals surface area contributed by atoms with Crippen LogP contribution in [0.2, 0.25) is 0 Å². The predicted octanol–water partition coefficient (Wildman–Crippen LogP) is 3.88. The number of carbonyl (C=O) groups excluding carboxylic acids is 3. The number of amides is 3. The molecule has 1 fully saturated rings. The Bertz CT molecular complexity index is 1360. The van der Waals surface area contributed by atoms with Gasteiger partial charge < -0.3 is 29.5 Å². The summed E-state index contributed by atoms with van der Waals surface area (Å²) in [4.78, 5) is 40.3. The first-order chi connectivity index (χ1) is 18.8. The molecule has 0 aliphatic carbocycles. The number of ether oxygens (including phenoxy) is 2. The number of anilines is 1. The number of hydrogen-bond donors (Lipinski definition) is 2. The molecular weight excluding hydrogens is 500 g/mol. The van der Waals surface area contributed by atoms with Crippen LogP contribution in [0.25, 0.3) is 0 Å². The fourth-order valence-electron chi connectivity index (χ4n) is 5.11. The van der Waals surface area contributed by atoms with Gasteiger partial charge in [0.15, 0.2) is 5.69 Å². The summed E-state index contributed by atoms with van der Waals surface area (Å²) < 4.78 is 17.3. The first-order valence-corrected chi connectivity index (χ1v) is 13.1. The van der Waals surface area contributed by atoms with E-state index in [2.05, 4.69) is 15.8 Å². The van der Waals surface area contributed by atoms with E-state index in [1.165, 1.54) is 6.07 Å². The van der Waals surface area contributed by atoms with Gasteiger partial charge in [0.1, 0.15) is 24.2 Å². The number of carbonyl (C=O) groups is 3. The van der Waals surface area contributed by atoms with Crippen molar-refractivity contribution in [1.29, 1.82) is 0 Å². The van der Waals surface area contributed by atoms with E-state index in [4.69, 9.17) is 14.0 Å². The molecule has 10 nitrogen and oxygen atoms in total. The average Bonchev–Trinajstić information content (AvgIpc) is 3.38. The predicted molar refractivity (Wildman–Crippen MR) is 143 cm³/mol. The molecule has 0 bridgehead atoms. The van der Waals surface area contributed by atoms with Crippen molar-refractivity contribution in [1.82, 2.24) is 15.4 Å². The minimum absolute atomic E-state index is 0.0771. The van der Waals surface area contributed by atoms with E-state index in [0.717, 1.165) is 5.56 Å². The van der Waals surface area contributed by atoms with Gasteiger partial charge >= 0.3 is 0 Å². The monoisotopic (exact) mass is 532 g/mol. The summed E-state index contributed by atoms with van der Waals surface area (Å²) in [5.74, 6) is 0.183. The lowest BCUT2D eigenvalue weighted by molar-refractivity contribution is -0.134. The molecule has 2 aliphatic rings. The first kappa shape index (κ1) is 26.4. The molecule has 2 aromatic carbocycles. The average molecular weight is 533 g/mol. The normalized spacial score (nSPS) is 21.5. The third kappa shape index (κ3) is 5.96. The Kier molecular flexibility index (Phi) is 7.65. The van der Waals surface area contributed by atoms with Gasteiger partial charge in [0, 0.05) is 18.8 Å². The molecule has 10 heteroatoms. The van der Waals surface area contributed by atoms with Crippen LogP contribution in [0, 0.1) is 6.92 Å². The molecule has 2 N–H and O–H groups in total. The number of aromatic nitrogens is 1. The first-order valence-electron chi connectivity index (χ1n) is 13.1. The molecule has 1 aromatic heterocycles. The highest BCUT2D eigenvalue weighted by atomic mass is 16.5. The van der Waals surface area contributed by atoms with Crippen LogP contribution < -0.4 is 15.4 Å². The van der Waals surface area contributed by atoms with Crippen molar-refractivity contribution in [3.05, 3.63) is 77.2 Å². The van der Waals surface area contributed by atoms with Crippen molar-refractivity contribution in [3.63, 3.8) is 0 Å². The van der Waals surface area contributed by atoms with Gasteiger partial charge in [0.2, 0.25) is 5.91 Å². The molecule has 3 amide bonds. The summed E-state index contributed by atoms with van der Waals surface area (Å²) in [5, 5.41) is 9.51. The minimum atomic E-state index is -0.437. The van der Waals surface area contributed by atoms with Gasteiger partial charge in [-0.3, -0.25) is 14.4 Å². The van der Waals surface area contributed by atoms with Crippen LogP contribution in [0.3, 0.4) is 0 Å². The van der Waals surface area contributed by atoms with E-state index in [1.54, 1.807) is 37.1 Å². The lowest BCUT2D eigenvalue weighted by atomic mass is 9.94. The molecule has 2 aliphatic heterocycles. The summed E-state index contributed by atoms with van der Waals surface area (Å²) >= 11 is 0. The van der Waals surface area contributed by atoms with Crippen molar-refractivity contribution in [2.45, 2.75) is 57.4 Å². The molecule has 3 heterocycles. The number of nitrogens with zero attached hydrogens (tertiary/aromatic N) is 2. The van der Waals surface area contributed by atoms with Crippen molar-refractivity contribution in [2.24, 2.45) is 0 Å². The molecule has 3 aromatic rings. The summed E-state index contributed by atoms with van der Waals surface area (Å²) in [5.41, 5.74) is 1.98. The van der Waals surface area contributed by atoms with Crippen LogP contribution in [0.1, 0.15) is 64.4 Å². The van der Waals surface area contributed by atoms with Crippen LogP contribution in [-0.4, -0.2) is 59.7 Å². The minimum Gasteiger partial charge on any atom is -0.490 e. The molecule has 39 heavy (non-hydrogen) atoms. The highest BCUT2D eigenvalue weighted by Gasteiger charge is 2.39. The van der Waals surface area contributed by atoms with Crippen LogP contribution in [0.5, 0.6) is 5.75 Å². The summed E-state index contributed by atoms with van der Waals surface area (Å²) in [6.07, 6.45) is 0.923. The quantitative estimate of drug-likeness (QED) is 0.494. The van der Waals surface area contributed by atoms with Crippen molar-refractivity contribution >= 4 is 23.4 Å². The number of fused-ring (bicyclic) bond motifs is 2. The van der Waals surface area contributed by atoms with Gasteiger partial charge in [-0.2, -0.15) is 0 Å². The largest absolute Gasteiger partial charge is 0.490 e. The highest BCUT2D eigenvalue weighted by Crippen LogP contribution is 2.32. The van der Waals surface area contributed by atoms with Crippen molar-refractivity contribution in [2.75, 3.05) is 19.0 Å². The Labute approximate surface area is 226 Å². The molecule has 5 rings (SSSR count). The summed E-state index contributed by atoms with van der Waals surface area (Å²) in [6, 6.07) is 16.0. The summed E-state index contributed by atoms with van der Waals surface area (Å²) in [6.45, 7) is 3.89. The SMILES string of the molecule is Cc1cc(C(=O)Nc2ccc3c(c2)C(=O)N(C)[C@@H]2CC[C@@H](CC(=O)N[C@H](C)c4ccccc4)O[C@@H]2CO3)no1. The van der Waals surface area contributed by atoms with E-state index in [0.29, 0.717) is 35.6 Å². The number of aryl methyl sites for hydroxylation is 1. The Morgan fingerprint density at radius 2 is 1.92 bits per heavy atom. The standard InChI is InChI=1S/C29H32N4O6/c1-17-13-23(32-39-17)28(35)31-20-9-12-25-22(14-20)29(36)33(3)24-11-10-21(38-26(24)16-37-25)15-27(34)30-18(2)19-7-5-4-6-8-19/h4-9,12-14,18,21,24,26H,10-11,15-16H2,1-3H3,(H,30,34)(H,31,35)/t18-,21+,24-,26-/m1/s1. The van der Waals surface area contributed by atoms with Crippen LogP contribution in [0.4, 0.5) is 5.69 Å². The number of benzene rings is 2. The Morgan fingerprint density at radius 3 is 2.67 bits per heavy atom. The second kappa shape index (κ2) is 11.3. The van der Waals surface area contributed by atoms with E-state index >= 15 is 0 Å². The third-order valence-electron chi connectivity index (χ3n) is 7.22.